The topological polar surface area (TPSA) is 137 Å². The van der Waals surface area contributed by atoms with Crippen LogP contribution in [0.25, 0.3) is 11.0 Å². The van der Waals surface area contributed by atoms with Crippen LogP contribution in [0.3, 0.4) is 0 Å². The maximum atomic E-state index is 13.2. The Balaban J connectivity index is 1.73. The molecule has 0 aliphatic carbocycles. The standard InChI is InChI=1S/C18H15ClFN5O4/c19-10-5-9(1-2-11(10)20)6-22-18(29)17-16-15(23-8-24-17)12(7-21-16)25-13(26)3-4-14(27)28/h1-2,5,7-8,21H,3-4,6H2,(H,22,29)(H,25,26)(H,27,28). The van der Waals surface area contributed by atoms with Crippen molar-refractivity contribution in [3.8, 4) is 0 Å². The van der Waals surface area contributed by atoms with E-state index in [9.17, 15) is 18.8 Å². The summed E-state index contributed by atoms with van der Waals surface area (Å²) < 4.78 is 13.2. The lowest BCUT2D eigenvalue weighted by Gasteiger charge is -2.07. The molecule has 3 aromatic rings. The van der Waals surface area contributed by atoms with Crippen molar-refractivity contribution in [2.24, 2.45) is 0 Å². The number of nitrogens with zero attached hydrogens (tertiary/aromatic N) is 2. The lowest BCUT2D eigenvalue weighted by molar-refractivity contribution is -0.138. The van der Waals surface area contributed by atoms with Crippen LogP contribution in [0.5, 0.6) is 0 Å². The summed E-state index contributed by atoms with van der Waals surface area (Å²) in [5, 5.41) is 13.8. The van der Waals surface area contributed by atoms with E-state index < -0.39 is 23.6 Å². The Morgan fingerprint density at radius 1 is 1.21 bits per heavy atom. The summed E-state index contributed by atoms with van der Waals surface area (Å²) in [4.78, 5) is 45.8. The Labute approximate surface area is 168 Å². The fourth-order valence-corrected chi connectivity index (χ4v) is 2.76. The van der Waals surface area contributed by atoms with Crippen LogP contribution in [-0.4, -0.2) is 37.8 Å². The highest BCUT2D eigenvalue weighted by Gasteiger charge is 2.17. The molecule has 0 unspecified atom stereocenters. The van der Waals surface area contributed by atoms with Crippen LogP contribution in [0.15, 0.2) is 30.7 Å². The normalized spacial score (nSPS) is 10.7. The fraction of sp³-hybridized carbons (Fsp3) is 0.167. The number of amides is 2. The Bertz CT molecular complexity index is 1100. The van der Waals surface area contributed by atoms with E-state index in [1.807, 2.05) is 0 Å². The summed E-state index contributed by atoms with van der Waals surface area (Å²) in [5.74, 6) is -2.64. The zero-order chi connectivity index (χ0) is 21.0. The van der Waals surface area contributed by atoms with Crippen LogP contribution in [0.4, 0.5) is 10.1 Å². The van der Waals surface area contributed by atoms with Crippen LogP contribution in [0.2, 0.25) is 5.02 Å². The molecule has 0 saturated carbocycles. The van der Waals surface area contributed by atoms with E-state index in [0.29, 0.717) is 22.3 Å². The molecule has 1 aromatic carbocycles. The number of carboxylic acids is 1. The average molecular weight is 420 g/mol. The number of nitrogens with one attached hydrogen (secondary N) is 3. The monoisotopic (exact) mass is 419 g/mol. The van der Waals surface area contributed by atoms with Gasteiger partial charge in [0.25, 0.3) is 5.91 Å². The minimum absolute atomic E-state index is 0.0474. The molecule has 0 atom stereocenters. The molecule has 3 rings (SSSR count). The van der Waals surface area contributed by atoms with Gasteiger partial charge in [-0.25, -0.2) is 14.4 Å². The average Bonchev–Trinajstić information content (AvgIpc) is 3.10. The number of aromatic nitrogens is 3. The van der Waals surface area contributed by atoms with Crippen molar-refractivity contribution in [2.75, 3.05) is 5.32 Å². The van der Waals surface area contributed by atoms with Crippen molar-refractivity contribution < 1.29 is 23.9 Å². The van der Waals surface area contributed by atoms with E-state index >= 15 is 0 Å². The van der Waals surface area contributed by atoms with E-state index in [1.165, 1.54) is 30.7 Å². The van der Waals surface area contributed by atoms with Crippen LogP contribution >= 0.6 is 11.6 Å². The number of carbonyl (C=O) groups is 3. The van der Waals surface area contributed by atoms with Crippen molar-refractivity contribution >= 4 is 46.1 Å². The number of hydrogen-bond acceptors (Lipinski definition) is 5. The van der Waals surface area contributed by atoms with Gasteiger partial charge < -0.3 is 20.7 Å². The molecule has 0 aliphatic heterocycles. The molecule has 2 heterocycles. The van der Waals surface area contributed by atoms with E-state index in [1.54, 1.807) is 0 Å². The second kappa shape index (κ2) is 8.65. The summed E-state index contributed by atoms with van der Waals surface area (Å²) in [6.07, 6.45) is 2.12. The molecule has 0 radical (unpaired) electrons. The van der Waals surface area contributed by atoms with Crippen LogP contribution < -0.4 is 10.6 Å². The number of fused-ring (bicyclic) bond motifs is 1. The zero-order valence-electron chi connectivity index (χ0n) is 14.8. The molecule has 0 saturated heterocycles. The Morgan fingerprint density at radius 2 is 2.00 bits per heavy atom. The molecule has 4 N–H and O–H groups in total. The van der Waals surface area contributed by atoms with Crippen LogP contribution in [0, 0.1) is 5.82 Å². The van der Waals surface area contributed by atoms with Gasteiger partial charge in [-0.1, -0.05) is 17.7 Å². The summed E-state index contributed by atoms with van der Waals surface area (Å²) >= 11 is 5.73. The quantitative estimate of drug-likeness (QED) is 0.464. The lowest BCUT2D eigenvalue weighted by atomic mass is 10.2. The largest absolute Gasteiger partial charge is 0.481 e. The lowest BCUT2D eigenvalue weighted by Crippen LogP contribution is -2.24. The van der Waals surface area contributed by atoms with Gasteiger partial charge in [0.05, 0.1) is 22.6 Å². The highest BCUT2D eigenvalue weighted by Crippen LogP contribution is 2.23. The van der Waals surface area contributed by atoms with Gasteiger partial charge in [0.15, 0.2) is 5.69 Å². The predicted octanol–water partition coefficient (Wildman–Crippen LogP) is 2.48. The minimum Gasteiger partial charge on any atom is -0.481 e. The fourth-order valence-electron chi connectivity index (χ4n) is 2.56. The number of aromatic amines is 1. The van der Waals surface area contributed by atoms with Gasteiger partial charge in [-0.3, -0.25) is 14.4 Å². The molecule has 2 aromatic heterocycles. The molecular formula is C18H15ClFN5O4. The first-order chi connectivity index (χ1) is 13.8. The minimum atomic E-state index is -1.08. The predicted molar refractivity (Wildman–Crippen MR) is 102 cm³/mol. The van der Waals surface area contributed by atoms with Gasteiger partial charge >= 0.3 is 5.97 Å². The van der Waals surface area contributed by atoms with Crippen molar-refractivity contribution in [1.29, 1.82) is 0 Å². The van der Waals surface area contributed by atoms with Crippen molar-refractivity contribution in [2.45, 2.75) is 19.4 Å². The maximum Gasteiger partial charge on any atom is 0.303 e. The maximum absolute atomic E-state index is 13.2. The number of carbonyl (C=O) groups excluding carboxylic acids is 2. The van der Waals surface area contributed by atoms with E-state index in [2.05, 4.69) is 25.6 Å². The van der Waals surface area contributed by atoms with E-state index in [4.69, 9.17) is 16.7 Å². The molecule has 9 nitrogen and oxygen atoms in total. The van der Waals surface area contributed by atoms with Gasteiger partial charge in [0, 0.05) is 19.2 Å². The van der Waals surface area contributed by atoms with Crippen molar-refractivity contribution in [3.05, 3.63) is 52.8 Å². The van der Waals surface area contributed by atoms with Gasteiger partial charge in [0.1, 0.15) is 17.7 Å². The molecule has 0 fully saturated rings. The number of carboxylic acid groups (broad SMARTS) is 1. The first-order valence-electron chi connectivity index (χ1n) is 8.41. The summed E-state index contributed by atoms with van der Waals surface area (Å²) in [7, 11) is 0. The SMILES string of the molecule is O=C(O)CCC(=O)Nc1c[nH]c2c(C(=O)NCc3ccc(F)c(Cl)c3)ncnc12. The first-order valence-corrected chi connectivity index (χ1v) is 8.79. The molecule has 0 aliphatic rings. The van der Waals surface area contributed by atoms with Crippen LogP contribution in [0.1, 0.15) is 28.9 Å². The summed E-state index contributed by atoms with van der Waals surface area (Å²) in [5.41, 5.74) is 1.56. The van der Waals surface area contributed by atoms with Crippen LogP contribution in [-0.2, 0) is 16.1 Å². The number of H-pyrrole nitrogens is 1. The summed E-state index contributed by atoms with van der Waals surface area (Å²) in [6.45, 7) is 0.101. The Hall–Kier alpha value is -3.53. The molecule has 0 bridgehead atoms. The molecular weight excluding hydrogens is 405 g/mol. The highest BCUT2D eigenvalue weighted by atomic mass is 35.5. The molecule has 150 valence electrons. The number of anilines is 1. The third kappa shape index (κ3) is 4.85. The Morgan fingerprint density at radius 3 is 2.72 bits per heavy atom. The number of rotatable bonds is 7. The Kier molecular flexibility index (Phi) is 6.03. The number of halogens is 2. The smallest absolute Gasteiger partial charge is 0.303 e. The van der Waals surface area contributed by atoms with Gasteiger partial charge in [-0.05, 0) is 17.7 Å². The van der Waals surface area contributed by atoms with E-state index in [0.717, 1.165) is 0 Å². The van der Waals surface area contributed by atoms with Crippen molar-refractivity contribution in [1.82, 2.24) is 20.3 Å². The second-order valence-electron chi connectivity index (χ2n) is 6.02. The summed E-state index contributed by atoms with van der Waals surface area (Å²) in [6, 6.07) is 4.11. The number of aliphatic carboxylic acids is 1. The molecule has 2 amide bonds. The highest BCUT2D eigenvalue weighted by molar-refractivity contribution is 6.30. The van der Waals surface area contributed by atoms with Gasteiger partial charge in [-0.2, -0.15) is 0 Å². The second-order valence-corrected chi connectivity index (χ2v) is 6.43. The third-order valence-corrected chi connectivity index (χ3v) is 4.25. The molecule has 0 spiro atoms. The van der Waals surface area contributed by atoms with Gasteiger partial charge in [0.2, 0.25) is 5.91 Å². The number of benzene rings is 1. The third-order valence-electron chi connectivity index (χ3n) is 3.96. The molecule has 11 heteroatoms. The van der Waals surface area contributed by atoms with Gasteiger partial charge in [-0.15, -0.1) is 0 Å². The first kappa shape index (κ1) is 20.2. The number of hydrogen-bond donors (Lipinski definition) is 4. The van der Waals surface area contributed by atoms with E-state index in [-0.39, 0.29) is 30.1 Å². The zero-order valence-corrected chi connectivity index (χ0v) is 15.6. The molecule has 29 heavy (non-hydrogen) atoms. The van der Waals surface area contributed by atoms with Crippen molar-refractivity contribution in [3.63, 3.8) is 0 Å².